The van der Waals surface area contributed by atoms with E-state index in [0.29, 0.717) is 31.8 Å². The van der Waals surface area contributed by atoms with Gasteiger partial charge in [-0.2, -0.15) is 5.26 Å². The lowest BCUT2D eigenvalue weighted by atomic mass is 10.1. The molecule has 134 valence electrons. The van der Waals surface area contributed by atoms with Gasteiger partial charge < -0.3 is 5.32 Å². The number of halogens is 2. The van der Waals surface area contributed by atoms with Gasteiger partial charge in [0, 0.05) is 15.4 Å². The van der Waals surface area contributed by atoms with Crippen LogP contribution in [-0.4, -0.2) is 5.91 Å². The topological polar surface area (TPSA) is 52.9 Å². The highest BCUT2D eigenvalue weighted by molar-refractivity contribution is 7.99. The highest BCUT2D eigenvalue weighted by Crippen LogP contribution is 2.41. The summed E-state index contributed by atoms with van der Waals surface area (Å²) in [6.45, 7) is 1.87. The van der Waals surface area contributed by atoms with Gasteiger partial charge in [-0.1, -0.05) is 59.2 Å². The lowest BCUT2D eigenvalue weighted by Gasteiger charge is -2.13. The van der Waals surface area contributed by atoms with Gasteiger partial charge in [-0.15, -0.1) is 0 Å². The summed E-state index contributed by atoms with van der Waals surface area (Å²) < 4.78 is 0. The summed E-state index contributed by atoms with van der Waals surface area (Å²) in [4.78, 5) is 14.2. The van der Waals surface area contributed by atoms with Crippen molar-refractivity contribution >= 4 is 46.6 Å². The molecule has 3 nitrogen and oxygen atoms in total. The van der Waals surface area contributed by atoms with E-state index in [0.717, 1.165) is 10.5 Å². The second-order valence-corrected chi connectivity index (χ2v) is 7.61. The highest BCUT2D eigenvalue weighted by Gasteiger charge is 2.15. The third-order valence-corrected chi connectivity index (χ3v) is 5.95. The summed E-state index contributed by atoms with van der Waals surface area (Å²) in [5.74, 6) is -0.240. The van der Waals surface area contributed by atoms with Gasteiger partial charge in [0.2, 0.25) is 0 Å². The lowest BCUT2D eigenvalue weighted by Crippen LogP contribution is -2.14. The molecule has 3 rings (SSSR count). The van der Waals surface area contributed by atoms with Crippen molar-refractivity contribution in [1.29, 1.82) is 5.26 Å². The number of aryl methyl sites for hydroxylation is 1. The van der Waals surface area contributed by atoms with E-state index in [-0.39, 0.29) is 5.91 Å². The standard InChI is InChI=1S/C21H14Cl2N2OS/c1-13-5-2-3-6-15(13)21(26)25-18-11-14(12-24)9-10-19(18)27-20-16(22)7-4-8-17(20)23/h2-11H,1H3,(H,25,26). The minimum absolute atomic E-state index is 0.240. The Bertz CT molecular complexity index is 1040. The number of hydrogen-bond donors (Lipinski definition) is 1. The van der Waals surface area contributed by atoms with Crippen LogP contribution in [0.15, 0.2) is 70.5 Å². The maximum absolute atomic E-state index is 12.7. The van der Waals surface area contributed by atoms with Crippen LogP contribution < -0.4 is 5.32 Å². The van der Waals surface area contributed by atoms with Crippen LogP contribution in [0.4, 0.5) is 5.69 Å². The van der Waals surface area contributed by atoms with Crippen molar-refractivity contribution in [3.8, 4) is 6.07 Å². The zero-order chi connectivity index (χ0) is 19.4. The maximum Gasteiger partial charge on any atom is 0.255 e. The van der Waals surface area contributed by atoms with E-state index in [1.807, 2.05) is 25.1 Å². The first kappa shape index (κ1) is 19.3. The van der Waals surface area contributed by atoms with Gasteiger partial charge in [0.1, 0.15) is 0 Å². The molecule has 0 radical (unpaired) electrons. The van der Waals surface area contributed by atoms with E-state index in [2.05, 4.69) is 11.4 Å². The molecule has 6 heteroatoms. The number of hydrogen-bond acceptors (Lipinski definition) is 3. The van der Waals surface area contributed by atoms with Gasteiger partial charge in [0.15, 0.2) is 0 Å². The van der Waals surface area contributed by atoms with Gasteiger partial charge >= 0.3 is 0 Å². The molecule has 0 aliphatic heterocycles. The molecule has 0 aromatic heterocycles. The van der Waals surface area contributed by atoms with Crippen molar-refractivity contribution in [2.75, 3.05) is 5.32 Å². The van der Waals surface area contributed by atoms with Crippen LogP contribution in [0.25, 0.3) is 0 Å². The number of anilines is 1. The third kappa shape index (κ3) is 4.45. The molecule has 3 aromatic carbocycles. The lowest BCUT2D eigenvalue weighted by molar-refractivity contribution is 0.102. The molecule has 0 saturated heterocycles. The SMILES string of the molecule is Cc1ccccc1C(=O)Nc1cc(C#N)ccc1Sc1c(Cl)cccc1Cl. The van der Waals surface area contributed by atoms with Gasteiger partial charge in [-0.05, 0) is 48.9 Å². The molecule has 0 bridgehead atoms. The maximum atomic E-state index is 12.7. The van der Waals surface area contributed by atoms with Crippen molar-refractivity contribution in [2.45, 2.75) is 16.7 Å². The molecule has 0 aliphatic carbocycles. The van der Waals surface area contributed by atoms with Crippen LogP contribution in [-0.2, 0) is 0 Å². The van der Waals surface area contributed by atoms with E-state index in [1.54, 1.807) is 42.5 Å². The van der Waals surface area contributed by atoms with E-state index >= 15 is 0 Å². The molecule has 3 aromatic rings. The Morgan fingerprint density at radius 2 is 1.74 bits per heavy atom. The molecule has 0 unspecified atom stereocenters. The molecule has 0 spiro atoms. The van der Waals surface area contributed by atoms with Gasteiger partial charge in [-0.3, -0.25) is 4.79 Å². The van der Waals surface area contributed by atoms with Crippen LogP contribution in [0.3, 0.4) is 0 Å². The van der Waals surface area contributed by atoms with Crippen LogP contribution >= 0.6 is 35.0 Å². The van der Waals surface area contributed by atoms with Crippen molar-refractivity contribution < 1.29 is 4.79 Å². The van der Waals surface area contributed by atoms with E-state index < -0.39 is 0 Å². The first-order valence-electron chi connectivity index (χ1n) is 8.02. The summed E-state index contributed by atoms with van der Waals surface area (Å²) >= 11 is 13.9. The van der Waals surface area contributed by atoms with Crippen LogP contribution in [0, 0.1) is 18.3 Å². The van der Waals surface area contributed by atoms with Crippen LogP contribution in [0.2, 0.25) is 10.0 Å². The predicted octanol–water partition coefficient (Wildman–Crippen LogP) is 6.58. The van der Waals surface area contributed by atoms with Crippen molar-refractivity contribution in [1.82, 2.24) is 0 Å². The second kappa shape index (κ2) is 8.49. The highest BCUT2D eigenvalue weighted by atomic mass is 35.5. The molecule has 1 N–H and O–H groups in total. The van der Waals surface area contributed by atoms with E-state index in [9.17, 15) is 10.1 Å². The fraction of sp³-hybridized carbons (Fsp3) is 0.0476. The number of nitrogens with one attached hydrogen (secondary N) is 1. The third-order valence-electron chi connectivity index (χ3n) is 3.88. The van der Waals surface area contributed by atoms with Crippen molar-refractivity contribution in [2.24, 2.45) is 0 Å². The van der Waals surface area contributed by atoms with Gasteiger partial charge in [0.25, 0.3) is 5.91 Å². The van der Waals surface area contributed by atoms with E-state index in [4.69, 9.17) is 23.2 Å². The number of amides is 1. The monoisotopic (exact) mass is 412 g/mol. The summed E-state index contributed by atoms with van der Waals surface area (Å²) in [5, 5.41) is 13.2. The number of carbonyl (C=O) groups excluding carboxylic acids is 1. The van der Waals surface area contributed by atoms with Crippen LogP contribution in [0.1, 0.15) is 21.5 Å². The van der Waals surface area contributed by atoms with Crippen molar-refractivity contribution in [3.63, 3.8) is 0 Å². The number of rotatable bonds is 4. The number of nitriles is 1. The van der Waals surface area contributed by atoms with Crippen LogP contribution in [0.5, 0.6) is 0 Å². The molecular formula is C21H14Cl2N2OS. The number of carbonyl (C=O) groups is 1. The molecular weight excluding hydrogens is 399 g/mol. The number of nitrogens with zero attached hydrogens (tertiary/aromatic N) is 1. The Hall–Kier alpha value is -2.45. The molecule has 1 amide bonds. The van der Waals surface area contributed by atoms with Gasteiger partial charge in [0.05, 0.1) is 27.4 Å². The smallest absolute Gasteiger partial charge is 0.255 e. The molecule has 0 aliphatic rings. The summed E-state index contributed by atoms with van der Waals surface area (Å²) in [7, 11) is 0. The molecule has 0 heterocycles. The minimum atomic E-state index is -0.240. The largest absolute Gasteiger partial charge is 0.321 e. The normalized spacial score (nSPS) is 10.3. The Balaban J connectivity index is 1.98. The molecule has 0 saturated carbocycles. The number of benzene rings is 3. The Labute approximate surface area is 171 Å². The first-order valence-corrected chi connectivity index (χ1v) is 9.60. The van der Waals surface area contributed by atoms with E-state index in [1.165, 1.54) is 11.8 Å². The summed E-state index contributed by atoms with van der Waals surface area (Å²) in [6, 6.07) is 19.8. The average molecular weight is 413 g/mol. The first-order chi connectivity index (χ1) is 13.0. The Morgan fingerprint density at radius 3 is 2.41 bits per heavy atom. The molecule has 0 atom stereocenters. The minimum Gasteiger partial charge on any atom is -0.321 e. The zero-order valence-electron chi connectivity index (χ0n) is 14.3. The Morgan fingerprint density at radius 1 is 1.04 bits per heavy atom. The zero-order valence-corrected chi connectivity index (χ0v) is 16.6. The summed E-state index contributed by atoms with van der Waals surface area (Å²) in [5.41, 5.74) is 2.43. The predicted molar refractivity (Wildman–Crippen MR) is 111 cm³/mol. The van der Waals surface area contributed by atoms with Crippen molar-refractivity contribution in [3.05, 3.63) is 87.4 Å². The summed E-state index contributed by atoms with van der Waals surface area (Å²) in [6.07, 6.45) is 0. The molecule has 0 fully saturated rings. The Kier molecular flexibility index (Phi) is 6.08. The fourth-order valence-corrected chi connectivity index (χ4v) is 4.03. The average Bonchev–Trinajstić information content (AvgIpc) is 2.66. The second-order valence-electron chi connectivity index (χ2n) is 5.74. The molecule has 27 heavy (non-hydrogen) atoms. The quantitative estimate of drug-likeness (QED) is 0.526. The fourth-order valence-electron chi connectivity index (χ4n) is 2.49. The van der Waals surface area contributed by atoms with Gasteiger partial charge in [-0.25, -0.2) is 0 Å².